The van der Waals surface area contributed by atoms with Crippen LogP contribution in [-0.2, 0) is 23.9 Å². The monoisotopic (exact) mass is 347 g/mol. The van der Waals surface area contributed by atoms with Gasteiger partial charge in [-0.15, -0.1) is 0 Å². The zero-order chi connectivity index (χ0) is 10.2. The molecule has 2 rings (SSSR count). The van der Waals surface area contributed by atoms with E-state index in [0.717, 1.165) is 0 Å². The second-order valence-corrected chi connectivity index (χ2v) is 15.1. The van der Waals surface area contributed by atoms with Gasteiger partial charge in [-0.05, 0) is 0 Å². The van der Waals surface area contributed by atoms with Gasteiger partial charge in [0.1, 0.15) is 0 Å². The van der Waals surface area contributed by atoms with Gasteiger partial charge in [0, 0.05) is 0 Å². The minimum Gasteiger partial charge on any atom is -1.00 e. The van der Waals surface area contributed by atoms with E-state index in [1.807, 2.05) is 0 Å². The SMILES string of the molecule is CC1=C([Si](C)([Zr+2])C2=CC=CC2)CC=C1.[Cl-].[Cl-]. The van der Waals surface area contributed by atoms with Crippen molar-refractivity contribution in [2.45, 2.75) is 26.3 Å². The van der Waals surface area contributed by atoms with Crippen molar-refractivity contribution < 1.29 is 48.7 Å². The number of hydrogen-bond acceptors (Lipinski definition) is 0. The van der Waals surface area contributed by atoms with Crippen molar-refractivity contribution in [3.63, 3.8) is 0 Å². The number of hydrogen-bond donors (Lipinski definition) is 0. The second kappa shape index (κ2) is 6.54. The standard InChI is InChI=1S/C12H15Si.2ClH.Zr/c1-10-6-5-9-12(10)13(2)11-7-3-4-8-11;;;/h3-7H,8-9H2,1-2H3;2*1H;/q;;;+2/p-2. The van der Waals surface area contributed by atoms with Gasteiger partial charge in [-0.25, -0.2) is 0 Å². The van der Waals surface area contributed by atoms with Gasteiger partial charge in [0.05, 0.1) is 0 Å². The van der Waals surface area contributed by atoms with Crippen molar-refractivity contribution in [2.75, 3.05) is 0 Å². The first kappa shape index (κ1) is 16.6. The molecule has 0 nitrogen and oxygen atoms in total. The summed E-state index contributed by atoms with van der Waals surface area (Å²) < 4.78 is 0. The van der Waals surface area contributed by atoms with E-state index in [1.54, 1.807) is 39.8 Å². The zero-order valence-electron chi connectivity index (χ0n) is 9.56. The molecule has 0 aromatic rings. The number of allylic oxidation sites excluding steroid dienone is 8. The summed E-state index contributed by atoms with van der Waals surface area (Å²) >= 11 is 1.75. The first-order valence-corrected chi connectivity index (χ1v) is 11.3. The van der Waals surface area contributed by atoms with E-state index < -0.39 is 5.20 Å². The molecule has 0 saturated carbocycles. The minimum absolute atomic E-state index is 0. The van der Waals surface area contributed by atoms with Gasteiger partial charge >= 0.3 is 102 Å². The fraction of sp³-hybridized carbons (Fsp3) is 0.333. The molecule has 0 aromatic carbocycles. The van der Waals surface area contributed by atoms with Crippen LogP contribution in [0.4, 0.5) is 0 Å². The molecule has 85 valence electrons. The molecule has 0 fully saturated rings. The predicted octanol–water partition coefficient (Wildman–Crippen LogP) is -2.64. The molecule has 0 aliphatic heterocycles. The molecule has 2 aliphatic rings. The Hall–Kier alpha value is 0.640. The molecular formula is C12H15Cl2SiZr. The summed E-state index contributed by atoms with van der Waals surface area (Å²) in [4.78, 5) is 0. The normalized spacial score (nSPS) is 21.4. The molecular weight excluding hydrogens is 334 g/mol. The van der Waals surface area contributed by atoms with E-state index >= 15 is 0 Å². The maximum atomic E-state index is 2.52. The van der Waals surface area contributed by atoms with Crippen LogP contribution in [-0.4, -0.2) is 5.20 Å². The fourth-order valence-electron chi connectivity index (χ4n) is 2.23. The van der Waals surface area contributed by atoms with Crippen molar-refractivity contribution in [3.05, 3.63) is 46.3 Å². The molecule has 2 aliphatic carbocycles. The van der Waals surface area contributed by atoms with Crippen molar-refractivity contribution >= 4 is 5.20 Å². The molecule has 0 N–H and O–H groups in total. The Bertz CT molecular complexity index is 378. The average molecular weight is 349 g/mol. The Balaban J connectivity index is 0.00000112. The maximum absolute atomic E-state index is 2.52. The third-order valence-electron chi connectivity index (χ3n) is 3.18. The topological polar surface area (TPSA) is 0 Å². The van der Waals surface area contributed by atoms with Crippen LogP contribution in [0.25, 0.3) is 0 Å². The van der Waals surface area contributed by atoms with Gasteiger partial charge in [0.25, 0.3) is 0 Å². The molecule has 0 aromatic heterocycles. The summed E-state index contributed by atoms with van der Waals surface area (Å²) in [6.07, 6.45) is 13.9. The Morgan fingerprint density at radius 1 is 1.19 bits per heavy atom. The van der Waals surface area contributed by atoms with E-state index in [1.165, 1.54) is 12.8 Å². The molecule has 0 heterocycles. The van der Waals surface area contributed by atoms with Crippen molar-refractivity contribution in [1.29, 1.82) is 0 Å². The Morgan fingerprint density at radius 3 is 2.31 bits per heavy atom. The summed E-state index contributed by atoms with van der Waals surface area (Å²) in [6, 6.07) is 0. The van der Waals surface area contributed by atoms with Gasteiger partial charge in [-0.1, -0.05) is 0 Å². The van der Waals surface area contributed by atoms with Crippen LogP contribution >= 0.6 is 0 Å². The van der Waals surface area contributed by atoms with Crippen LogP contribution in [0.1, 0.15) is 19.8 Å². The second-order valence-electron chi connectivity index (χ2n) is 4.22. The van der Waals surface area contributed by atoms with E-state index in [4.69, 9.17) is 0 Å². The summed E-state index contributed by atoms with van der Waals surface area (Å²) in [5.74, 6) is 0. The molecule has 0 radical (unpaired) electrons. The van der Waals surface area contributed by atoms with Crippen LogP contribution < -0.4 is 24.8 Å². The van der Waals surface area contributed by atoms with Gasteiger partial charge in [-0.2, -0.15) is 0 Å². The van der Waals surface area contributed by atoms with Crippen LogP contribution in [0, 0.1) is 0 Å². The smallest absolute Gasteiger partial charge is 1.00 e. The summed E-state index contributed by atoms with van der Waals surface area (Å²) in [5.41, 5.74) is 1.55. The first-order chi connectivity index (χ1) is 6.62. The fourth-order valence-corrected chi connectivity index (χ4v) is 8.54. The third-order valence-corrected chi connectivity index (χ3v) is 11.2. The largest absolute Gasteiger partial charge is 1.00 e. The van der Waals surface area contributed by atoms with E-state index in [0.29, 0.717) is 0 Å². The molecule has 0 bridgehead atoms. The number of halogens is 2. The van der Waals surface area contributed by atoms with Gasteiger partial charge < -0.3 is 24.8 Å². The molecule has 16 heavy (non-hydrogen) atoms. The summed E-state index contributed by atoms with van der Waals surface area (Å²) in [5, 5.41) is 2.30. The summed E-state index contributed by atoms with van der Waals surface area (Å²) in [6.45, 7) is 4.80. The van der Waals surface area contributed by atoms with Crippen LogP contribution in [0.3, 0.4) is 0 Å². The van der Waals surface area contributed by atoms with Crippen LogP contribution in [0.5, 0.6) is 0 Å². The van der Waals surface area contributed by atoms with Crippen LogP contribution in [0.2, 0.25) is 6.55 Å². The van der Waals surface area contributed by atoms with Gasteiger partial charge in [-0.3, -0.25) is 0 Å². The minimum atomic E-state index is -1.19. The van der Waals surface area contributed by atoms with Crippen LogP contribution in [0.15, 0.2) is 46.3 Å². The predicted molar refractivity (Wildman–Crippen MR) is 59.9 cm³/mol. The van der Waals surface area contributed by atoms with E-state index in [-0.39, 0.29) is 24.8 Å². The molecule has 0 saturated heterocycles. The molecule has 0 spiro atoms. The van der Waals surface area contributed by atoms with Gasteiger partial charge in [0.2, 0.25) is 0 Å². The van der Waals surface area contributed by atoms with E-state index in [2.05, 4.69) is 43.9 Å². The Labute approximate surface area is 126 Å². The van der Waals surface area contributed by atoms with E-state index in [9.17, 15) is 0 Å². The van der Waals surface area contributed by atoms with Crippen molar-refractivity contribution in [3.8, 4) is 0 Å². The summed E-state index contributed by atoms with van der Waals surface area (Å²) in [7, 11) is 0. The van der Waals surface area contributed by atoms with Crippen molar-refractivity contribution in [1.82, 2.24) is 0 Å². The molecule has 4 heteroatoms. The zero-order valence-corrected chi connectivity index (χ0v) is 14.5. The number of rotatable bonds is 2. The van der Waals surface area contributed by atoms with Gasteiger partial charge in [0.15, 0.2) is 0 Å². The molecule has 1 unspecified atom stereocenters. The third kappa shape index (κ3) is 3.10. The average Bonchev–Trinajstić information content (AvgIpc) is 2.72. The molecule has 0 amide bonds. The van der Waals surface area contributed by atoms with Crippen molar-refractivity contribution in [2.24, 2.45) is 0 Å². The Morgan fingerprint density at radius 2 is 1.88 bits per heavy atom. The first-order valence-electron chi connectivity index (χ1n) is 5.10. The quantitative estimate of drug-likeness (QED) is 0.478. The molecule has 1 atom stereocenters. The Kier molecular flexibility index (Phi) is 6.80. The maximum Gasteiger partial charge on any atom is -1.00 e.